The van der Waals surface area contributed by atoms with Crippen LogP contribution in [0.2, 0.25) is 0 Å². The molecule has 3 heterocycles. The Kier molecular flexibility index (Phi) is 3.89. The van der Waals surface area contributed by atoms with Gasteiger partial charge in [0.2, 0.25) is 5.91 Å². The van der Waals surface area contributed by atoms with Crippen molar-refractivity contribution < 1.29 is 4.79 Å². The number of carbonyl (C=O) groups is 1. The number of aromatic nitrogens is 4. The van der Waals surface area contributed by atoms with Crippen LogP contribution >= 0.6 is 0 Å². The minimum atomic E-state index is -0.0383. The third kappa shape index (κ3) is 3.21. The second-order valence-electron chi connectivity index (χ2n) is 6.15. The number of aryl methyl sites for hydroxylation is 1. The highest BCUT2D eigenvalue weighted by Gasteiger charge is 2.33. The van der Waals surface area contributed by atoms with Gasteiger partial charge in [0.15, 0.2) is 5.82 Å². The molecule has 1 N–H and O–H groups in total. The summed E-state index contributed by atoms with van der Waals surface area (Å²) in [6, 6.07) is 11.5. The van der Waals surface area contributed by atoms with E-state index in [4.69, 9.17) is 0 Å². The van der Waals surface area contributed by atoms with Crippen LogP contribution in [0.1, 0.15) is 5.56 Å². The van der Waals surface area contributed by atoms with Crippen molar-refractivity contribution in [1.82, 2.24) is 19.7 Å². The number of nitrogens with zero attached hydrogens (tertiary/aromatic N) is 5. The molecule has 3 aromatic rings. The number of carbonyl (C=O) groups excluding carboxylic acids is 1. The molecule has 1 aliphatic rings. The van der Waals surface area contributed by atoms with E-state index in [-0.39, 0.29) is 11.8 Å². The molecule has 126 valence electrons. The molecule has 0 saturated carbocycles. The summed E-state index contributed by atoms with van der Waals surface area (Å²) in [7, 11) is 0. The molecule has 0 radical (unpaired) electrons. The zero-order chi connectivity index (χ0) is 17.2. The van der Waals surface area contributed by atoms with E-state index in [1.165, 1.54) is 6.33 Å². The molecule has 1 amide bonds. The number of nitrogens with one attached hydrogen (secondary N) is 1. The smallest absolute Gasteiger partial charge is 0.231 e. The maximum Gasteiger partial charge on any atom is 0.231 e. The molecule has 1 saturated heterocycles. The van der Waals surface area contributed by atoms with Crippen molar-refractivity contribution in [2.45, 2.75) is 6.92 Å². The molecule has 0 bridgehead atoms. The van der Waals surface area contributed by atoms with E-state index >= 15 is 0 Å². The van der Waals surface area contributed by atoms with Gasteiger partial charge in [0.05, 0.1) is 5.92 Å². The monoisotopic (exact) mass is 334 g/mol. The Hall–Kier alpha value is -3.22. The van der Waals surface area contributed by atoms with E-state index in [0.717, 1.165) is 17.1 Å². The predicted octanol–water partition coefficient (Wildman–Crippen LogP) is 2.05. The van der Waals surface area contributed by atoms with Gasteiger partial charge < -0.3 is 10.2 Å². The summed E-state index contributed by atoms with van der Waals surface area (Å²) in [6.45, 7) is 3.30. The average Bonchev–Trinajstić information content (AvgIpc) is 3.08. The highest BCUT2D eigenvalue weighted by Crippen LogP contribution is 2.24. The van der Waals surface area contributed by atoms with E-state index in [0.29, 0.717) is 18.9 Å². The molecular formula is C18H18N6O. The Labute approximate surface area is 145 Å². The van der Waals surface area contributed by atoms with Crippen LogP contribution in [0, 0.1) is 12.8 Å². The third-order valence-corrected chi connectivity index (χ3v) is 4.24. The van der Waals surface area contributed by atoms with Gasteiger partial charge in [-0.2, -0.15) is 5.10 Å². The summed E-state index contributed by atoms with van der Waals surface area (Å²) in [6.07, 6.45) is 5.06. The van der Waals surface area contributed by atoms with Gasteiger partial charge in [-0.3, -0.25) is 4.79 Å². The summed E-state index contributed by atoms with van der Waals surface area (Å²) in [5.74, 6) is 1.52. The van der Waals surface area contributed by atoms with Crippen LogP contribution in [-0.4, -0.2) is 38.7 Å². The zero-order valence-electron chi connectivity index (χ0n) is 13.8. The molecule has 1 aliphatic heterocycles. The van der Waals surface area contributed by atoms with E-state index in [1.54, 1.807) is 10.9 Å². The fourth-order valence-corrected chi connectivity index (χ4v) is 2.84. The van der Waals surface area contributed by atoms with Crippen molar-refractivity contribution in [1.29, 1.82) is 0 Å². The number of rotatable bonds is 4. The van der Waals surface area contributed by atoms with E-state index in [2.05, 4.69) is 25.3 Å². The third-order valence-electron chi connectivity index (χ3n) is 4.24. The van der Waals surface area contributed by atoms with Crippen LogP contribution < -0.4 is 10.2 Å². The lowest BCUT2D eigenvalue weighted by Gasteiger charge is -2.39. The molecule has 7 nitrogen and oxygen atoms in total. The van der Waals surface area contributed by atoms with Crippen LogP contribution in [0.3, 0.4) is 0 Å². The van der Waals surface area contributed by atoms with Crippen molar-refractivity contribution in [2.75, 3.05) is 23.3 Å². The first-order chi connectivity index (χ1) is 12.2. The minimum absolute atomic E-state index is 0.0383. The maximum atomic E-state index is 12.4. The molecule has 7 heteroatoms. The Morgan fingerprint density at radius 2 is 2.00 bits per heavy atom. The van der Waals surface area contributed by atoms with Gasteiger partial charge in [-0.05, 0) is 30.7 Å². The zero-order valence-corrected chi connectivity index (χ0v) is 13.8. The van der Waals surface area contributed by atoms with Crippen molar-refractivity contribution in [3.63, 3.8) is 0 Å². The predicted molar refractivity (Wildman–Crippen MR) is 94.7 cm³/mol. The second-order valence-corrected chi connectivity index (χ2v) is 6.15. The SMILES string of the molecule is Cc1cccc(NC(=O)C2CN(c3cc(-n4cccn4)ncn3)C2)c1. The van der Waals surface area contributed by atoms with Gasteiger partial charge in [-0.25, -0.2) is 14.6 Å². The van der Waals surface area contributed by atoms with Crippen molar-refractivity contribution >= 4 is 17.4 Å². The molecule has 0 spiro atoms. The molecule has 0 aliphatic carbocycles. The summed E-state index contributed by atoms with van der Waals surface area (Å²) in [4.78, 5) is 22.9. The Bertz CT molecular complexity index is 886. The first-order valence-electron chi connectivity index (χ1n) is 8.13. The maximum absolute atomic E-state index is 12.4. The fourth-order valence-electron chi connectivity index (χ4n) is 2.84. The molecule has 0 atom stereocenters. The summed E-state index contributed by atoms with van der Waals surface area (Å²) in [5.41, 5.74) is 1.96. The van der Waals surface area contributed by atoms with Crippen LogP contribution in [-0.2, 0) is 4.79 Å². The molecule has 25 heavy (non-hydrogen) atoms. The van der Waals surface area contributed by atoms with Gasteiger partial charge in [-0.1, -0.05) is 12.1 Å². The first-order valence-corrected chi connectivity index (χ1v) is 8.13. The van der Waals surface area contributed by atoms with Crippen LogP contribution in [0.4, 0.5) is 11.5 Å². The second kappa shape index (κ2) is 6.35. The lowest BCUT2D eigenvalue weighted by Crippen LogP contribution is -2.52. The summed E-state index contributed by atoms with van der Waals surface area (Å²) in [5, 5.41) is 7.15. The molecule has 0 unspecified atom stereocenters. The normalized spacial score (nSPS) is 14.2. The Balaban J connectivity index is 1.39. The highest BCUT2D eigenvalue weighted by molar-refractivity contribution is 5.94. The standard InChI is InChI=1S/C18H18N6O/c1-13-4-2-5-15(8-13)22-18(25)14-10-23(11-14)16-9-17(20-12-19-16)24-7-3-6-21-24/h2-9,12,14H,10-11H2,1H3,(H,22,25). The quantitative estimate of drug-likeness (QED) is 0.790. The topological polar surface area (TPSA) is 75.9 Å². The van der Waals surface area contributed by atoms with Gasteiger partial charge in [0.1, 0.15) is 12.1 Å². The van der Waals surface area contributed by atoms with E-state index in [9.17, 15) is 4.79 Å². The Morgan fingerprint density at radius 1 is 1.16 bits per heavy atom. The Morgan fingerprint density at radius 3 is 2.76 bits per heavy atom. The summed E-state index contributed by atoms with van der Waals surface area (Å²) < 4.78 is 1.69. The number of anilines is 2. The van der Waals surface area contributed by atoms with Crippen LogP contribution in [0.5, 0.6) is 0 Å². The minimum Gasteiger partial charge on any atom is -0.355 e. The molecule has 4 rings (SSSR count). The number of hydrogen-bond acceptors (Lipinski definition) is 5. The lowest BCUT2D eigenvalue weighted by molar-refractivity contribution is -0.120. The molecular weight excluding hydrogens is 316 g/mol. The molecule has 1 aromatic carbocycles. The van der Waals surface area contributed by atoms with Crippen molar-refractivity contribution in [3.05, 3.63) is 60.7 Å². The number of amides is 1. The number of hydrogen-bond donors (Lipinski definition) is 1. The average molecular weight is 334 g/mol. The van der Waals surface area contributed by atoms with Crippen LogP contribution in [0.15, 0.2) is 55.1 Å². The highest BCUT2D eigenvalue weighted by atomic mass is 16.2. The lowest BCUT2D eigenvalue weighted by atomic mass is 9.99. The fraction of sp³-hybridized carbons (Fsp3) is 0.222. The van der Waals surface area contributed by atoms with Gasteiger partial charge in [0, 0.05) is 37.2 Å². The number of benzene rings is 1. The van der Waals surface area contributed by atoms with Crippen molar-refractivity contribution in [3.8, 4) is 5.82 Å². The van der Waals surface area contributed by atoms with Crippen molar-refractivity contribution in [2.24, 2.45) is 5.92 Å². The first kappa shape index (κ1) is 15.3. The molecule has 2 aromatic heterocycles. The van der Waals surface area contributed by atoms with Gasteiger partial charge in [0.25, 0.3) is 0 Å². The largest absolute Gasteiger partial charge is 0.355 e. The van der Waals surface area contributed by atoms with Gasteiger partial charge in [-0.15, -0.1) is 0 Å². The van der Waals surface area contributed by atoms with E-state index < -0.39 is 0 Å². The van der Waals surface area contributed by atoms with E-state index in [1.807, 2.05) is 49.5 Å². The van der Waals surface area contributed by atoms with Crippen LogP contribution in [0.25, 0.3) is 5.82 Å². The summed E-state index contributed by atoms with van der Waals surface area (Å²) >= 11 is 0. The molecule has 1 fully saturated rings. The van der Waals surface area contributed by atoms with Gasteiger partial charge >= 0.3 is 0 Å².